The molecule has 0 aliphatic rings. The highest BCUT2D eigenvalue weighted by atomic mass is 15.0. The summed E-state index contributed by atoms with van der Waals surface area (Å²) in [5.41, 5.74) is 6.57. The van der Waals surface area contributed by atoms with Gasteiger partial charge in [-0.3, -0.25) is 0 Å². The van der Waals surface area contributed by atoms with E-state index in [-0.39, 0.29) is 0 Å². The van der Waals surface area contributed by atoms with Crippen molar-refractivity contribution in [2.75, 3.05) is 6.54 Å². The SMILES string of the molecule is CCNCc1cc(C)n(-c2cccc(C)c2)c1C. The number of hydrogen-bond acceptors (Lipinski definition) is 1. The monoisotopic (exact) mass is 242 g/mol. The molecule has 0 radical (unpaired) electrons. The standard InChI is InChI=1S/C16H22N2/c1-5-17-11-15-10-13(3)18(14(15)4)16-8-6-7-12(2)9-16/h6-10,17H,5,11H2,1-4H3. The molecular formula is C16H22N2. The Balaban J connectivity index is 2.42. The van der Waals surface area contributed by atoms with Crippen molar-refractivity contribution in [1.29, 1.82) is 0 Å². The Hall–Kier alpha value is -1.54. The molecule has 2 heteroatoms. The third kappa shape index (κ3) is 2.49. The first-order valence-corrected chi connectivity index (χ1v) is 6.59. The topological polar surface area (TPSA) is 17.0 Å². The van der Waals surface area contributed by atoms with Crippen LogP contribution in [0.2, 0.25) is 0 Å². The van der Waals surface area contributed by atoms with Gasteiger partial charge in [0.2, 0.25) is 0 Å². The molecule has 0 aliphatic heterocycles. The van der Waals surface area contributed by atoms with Crippen molar-refractivity contribution >= 4 is 0 Å². The van der Waals surface area contributed by atoms with Crippen LogP contribution in [0.15, 0.2) is 30.3 Å². The molecule has 0 bridgehead atoms. The van der Waals surface area contributed by atoms with E-state index in [9.17, 15) is 0 Å². The molecule has 18 heavy (non-hydrogen) atoms. The second-order valence-corrected chi connectivity index (χ2v) is 4.85. The van der Waals surface area contributed by atoms with Crippen molar-refractivity contribution in [3.05, 3.63) is 52.8 Å². The summed E-state index contributed by atoms with van der Waals surface area (Å²) in [6.45, 7) is 10.6. The third-order valence-corrected chi connectivity index (χ3v) is 3.36. The zero-order chi connectivity index (χ0) is 13.1. The van der Waals surface area contributed by atoms with E-state index in [2.05, 4.69) is 67.9 Å². The van der Waals surface area contributed by atoms with Crippen LogP contribution in [0.3, 0.4) is 0 Å². The van der Waals surface area contributed by atoms with Gasteiger partial charge in [-0.15, -0.1) is 0 Å². The Bertz CT molecular complexity index is 538. The molecule has 0 spiro atoms. The van der Waals surface area contributed by atoms with Crippen molar-refractivity contribution in [3.63, 3.8) is 0 Å². The van der Waals surface area contributed by atoms with E-state index in [1.165, 1.54) is 28.2 Å². The van der Waals surface area contributed by atoms with Crippen LogP contribution >= 0.6 is 0 Å². The lowest BCUT2D eigenvalue weighted by Crippen LogP contribution is -2.12. The Morgan fingerprint density at radius 3 is 2.56 bits per heavy atom. The van der Waals surface area contributed by atoms with E-state index in [1.54, 1.807) is 0 Å². The fourth-order valence-electron chi connectivity index (χ4n) is 2.43. The second kappa shape index (κ2) is 5.40. The van der Waals surface area contributed by atoms with Gasteiger partial charge in [0, 0.05) is 23.6 Å². The molecular weight excluding hydrogens is 220 g/mol. The Morgan fingerprint density at radius 2 is 1.89 bits per heavy atom. The summed E-state index contributed by atoms with van der Waals surface area (Å²) in [5, 5.41) is 3.40. The molecule has 2 nitrogen and oxygen atoms in total. The number of aryl methyl sites for hydroxylation is 2. The van der Waals surface area contributed by atoms with Crippen LogP contribution in [0.4, 0.5) is 0 Å². The van der Waals surface area contributed by atoms with Gasteiger partial charge in [0.1, 0.15) is 0 Å². The number of rotatable bonds is 4. The van der Waals surface area contributed by atoms with Crippen molar-refractivity contribution < 1.29 is 0 Å². The number of nitrogens with one attached hydrogen (secondary N) is 1. The second-order valence-electron chi connectivity index (χ2n) is 4.85. The number of hydrogen-bond donors (Lipinski definition) is 1. The molecule has 2 aromatic rings. The van der Waals surface area contributed by atoms with Crippen LogP contribution in [-0.2, 0) is 6.54 Å². The molecule has 1 aromatic heterocycles. The Labute approximate surface area is 110 Å². The van der Waals surface area contributed by atoms with Crippen LogP contribution in [0.1, 0.15) is 29.4 Å². The largest absolute Gasteiger partial charge is 0.318 e. The van der Waals surface area contributed by atoms with Gasteiger partial charge < -0.3 is 9.88 Å². The summed E-state index contributed by atoms with van der Waals surface area (Å²) in [5.74, 6) is 0. The zero-order valence-corrected chi connectivity index (χ0v) is 11.7. The Kier molecular flexibility index (Phi) is 3.87. The number of aromatic nitrogens is 1. The summed E-state index contributed by atoms with van der Waals surface area (Å²) in [6, 6.07) is 10.9. The van der Waals surface area contributed by atoms with Gasteiger partial charge in [-0.05, 0) is 56.6 Å². The maximum atomic E-state index is 3.40. The van der Waals surface area contributed by atoms with Gasteiger partial charge in [0.25, 0.3) is 0 Å². The van der Waals surface area contributed by atoms with Gasteiger partial charge >= 0.3 is 0 Å². The van der Waals surface area contributed by atoms with Crippen molar-refractivity contribution in [2.45, 2.75) is 34.2 Å². The van der Waals surface area contributed by atoms with Crippen LogP contribution in [0.5, 0.6) is 0 Å². The lowest BCUT2D eigenvalue weighted by Gasteiger charge is -2.11. The molecule has 0 saturated carbocycles. The smallest absolute Gasteiger partial charge is 0.0457 e. The minimum atomic E-state index is 0.946. The van der Waals surface area contributed by atoms with Crippen LogP contribution < -0.4 is 5.32 Å². The first-order valence-electron chi connectivity index (χ1n) is 6.59. The molecule has 1 aromatic carbocycles. The molecule has 0 fully saturated rings. The van der Waals surface area contributed by atoms with Crippen molar-refractivity contribution in [2.24, 2.45) is 0 Å². The normalized spacial score (nSPS) is 10.9. The van der Waals surface area contributed by atoms with E-state index in [0.29, 0.717) is 0 Å². The first kappa shape index (κ1) is 12.9. The van der Waals surface area contributed by atoms with Crippen molar-refractivity contribution in [1.82, 2.24) is 9.88 Å². The lowest BCUT2D eigenvalue weighted by molar-refractivity contribution is 0.722. The quantitative estimate of drug-likeness (QED) is 0.868. The molecule has 1 N–H and O–H groups in total. The highest BCUT2D eigenvalue weighted by Gasteiger charge is 2.09. The molecule has 0 amide bonds. The highest BCUT2D eigenvalue weighted by Crippen LogP contribution is 2.21. The summed E-state index contributed by atoms with van der Waals surface area (Å²) < 4.78 is 2.33. The maximum absolute atomic E-state index is 3.40. The number of benzene rings is 1. The van der Waals surface area contributed by atoms with Gasteiger partial charge in [0.15, 0.2) is 0 Å². The minimum absolute atomic E-state index is 0.946. The fraction of sp³-hybridized carbons (Fsp3) is 0.375. The van der Waals surface area contributed by atoms with E-state index in [4.69, 9.17) is 0 Å². The van der Waals surface area contributed by atoms with Crippen LogP contribution in [0, 0.1) is 20.8 Å². The molecule has 0 saturated heterocycles. The summed E-state index contributed by atoms with van der Waals surface area (Å²) in [7, 11) is 0. The van der Waals surface area contributed by atoms with Crippen LogP contribution in [0.25, 0.3) is 5.69 Å². The van der Waals surface area contributed by atoms with Gasteiger partial charge in [-0.25, -0.2) is 0 Å². The zero-order valence-electron chi connectivity index (χ0n) is 11.7. The number of nitrogens with zero attached hydrogens (tertiary/aromatic N) is 1. The molecule has 96 valence electrons. The summed E-state index contributed by atoms with van der Waals surface area (Å²) in [6.07, 6.45) is 0. The highest BCUT2D eigenvalue weighted by molar-refractivity contribution is 5.42. The first-order chi connectivity index (χ1) is 8.63. The fourth-order valence-corrected chi connectivity index (χ4v) is 2.43. The average Bonchev–Trinajstić information content (AvgIpc) is 2.62. The summed E-state index contributed by atoms with van der Waals surface area (Å²) in [4.78, 5) is 0. The Morgan fingerprint density at radius 1 is 1.11 bits per heavy atom. The average molecular weight is 242 g/mol. The van der Waals surface area contributed by atoms with Gasteiger partial charge in [0.05, 0.1) is 0 Å². The molecule has 2 rings (SSSR count). The van der Waals surface area contributed by atoms with Gasteiger partial charge in [-0.2, -0.15) is 0 Å². The van der Waals surface area contributed by atoms with E-state index in [0.717, 1.165) is 13.1 Å². The molecule has 0 aliphatic carbocycles. The lowest BCUT2D eigenvalue weighted by atomic mass is 10.2. The van der Waals surface area contributed by atoms with E-state index < -0.39 is 0 Å². The van der Waals surface area contributed by atoms with Gasteiger partial charge in [-0.1, -0.05) is 19.1 Å². The predicted octanol–water partition coefficient (Wildman–Crippen LogP) is 3.51. The third-order valence-electron chi connectivity index (χ3n) is 3.36. The van der Waals surface area contributed by atoms with Crippen LogP contribution in [-0.4, -0.2) is 11.1 Å². The van der Waals surface area contributed by atoms with Crippen molar-refractivity contribution in [3.8, 4) is 5.69 Å². The van der Waals surface area contributed by atoms with E-state index in [1.807, 2.05) is 0 Å². The van der Waals surface area contributed by atoms with E-state index >= 15 is 0 Å². The molecule has 0 unspecified atom stereocenters. The molecule has 1 heterocycles. The summed E-state index contributed by atoms with van der Waals surface area (Å²) >= 11 is 0. The maximum Gasteiger partial charge on any atom is 0.0457 e. The minimum Gasteiger partial charge on any atom is -0.318 e. The predicted molar refractivity (Wildman–Crippen MR) is 77.4 cm³/mol. The molecule has 0 atom stereocenters.